The van der Waals surface area contributed by atoms with Crippen molar-refractivity contribution in [2.24, 2.45) is 0 Å². The Hall–Kier alpha value is -1.84. The number of aryl methyl sites for hydroxylation is 1. The number of sulfonamides is 1. The number of hydrogen-bond acceptors (Lipinski definition) is 6. The zero-order valence-electron chi connectivity index (χ0n) is 16.0. The normalized spacial score (nSPS) is 16.9. The highest BCUT2D eigenvalue weighted by Gasteiger charge is 2.36. The summed E-state index contributed by atoms with van der Waals surface area (Å²) in [5.74, 6) is 0.556. The smallest absolute Gasteiger partial charge is 0.246 e. The molecule has 9 heteroatoms. The Morgan fingerprint density at radius 2 is 1.86 bits per heavy atom. The first-order valence-electron chi connectivity index (χ1n) is 9.21. The topological polar surface area (TPSA) is 93.9 Å². The predicted octanol–water partition coefficient (Wildman–Crippen LogP) is 2.75. The molecule has 1 aromatic heterocycles. The summed E-state index contributed by atoms with van der Waals surface area (Å²) in [6, 6.07) is 8.34. The van der Waals surface area contributed by atoms with Crippen LogP contribution >= 0.6 is 0 Å². The van der Waals surface area contributed by atoms with Crippen molar-refractivity contribution in [3.8, 4) is 5.75 Å². The van der Waals surface area contributed by atoms with E-state index in [9.17, 15) is 16.8 Å². The van der Waals surface area contributed by atoms with E-state index < -0.39 is 25.1 Å². The second kappa shape index (κ2) is 8.26. The molecular formula is C19H25NO6S2. The molecule has 0 saturated carbocycles. The number of sulfone groups is 1. The molecule has 2 aromatic rings. The van der Waals surface area contributed by atoms with E-state index in [0.29, 0.717) is 18.1 Å². The molecule has 3 rings (SSSR count). The van der Waals surface area contributed by atoms with Gasteiger partial charge in [0, 0.05) is 13.1 Å². The van der Waals surface area contributed by atoms with E-state index in [1.807, 2.05) is 6.92 Å². The molecule has 28 heavy (non-hydrogen) atoms. The fourth-order valence-electron chi connectivity index (χ4n) is 3.37. The van der Waals surface area contributed by atoms with Gasteiger partial charge in [0.2, 0.25) is 10.0 Å². The molecule has 1 fully saturated rings. The standard InChI is InChI=1S/C19H25NO6S2/c1-3-25-18-7-6-15(2)13-19(18)28(23,24)20-10-8-17(9-11-20)27(21,22)14-16-5-4-12-26-16/h4-7,12-13,17H,3,8-11,14H2,1-2H3. The van der Waals surface area contributed by atoms with E-state index in [4.69, 9.17) is 9.15 Å². The Kier molecular flexibility index (Phi) is 6.16. The number of rotatable bonds is 7. The molecule has 0 N–H and O–H groups in total. The molecular weight excluding hydrogens is 402 g/mol. The second-order valence-electron chi connectivity index (χ2n) is 6.87. The highest BCUT2D eigenvalue weighted by molar-refractivity contribution is 7.91. The van der Waals surface area contributed by atoms with E-state index in [2.05, 4.69) is 0 Å². The lowest BCUT2D eigenvalue weighted by Crippen LogP contribution is -2.42. The summed E-state index contributed by atoms with van der Waals surface area (Å²) in [5, 5.41) is -0.576. The fourth-order valence-corrected chi connectivity index (χ4v) is 6.78. The number of ether oxygens (including phenoxy) is 1. The number of piperidine rings is 1. The van der Waals surface area contributed by atoms with Crippen LogP contribution in [-0.4, -0.2) is 46.1 Å². The van der Waals surface area contributed by atoms with E-state index in [1.165, 1.54) is 10.6 Å². The molecule has 1 aliphatic rings. The Morgan fingerprint density at radius 1 is 1.14 bits per heavy atom. The lowest BCUT2D eigenvalue weighted by Gasteiger charge is -2.31. The van der Waals surface area contributed by atoms with E-state index in [0.717, 1.165) is 5.56 Å². The van der Waals surface area contributed by atoms with Gasteiger partial charge in [-0.25, -0.2) is 16.8 Å². The van der Waals surface area contributed by atoms with Gasteiger partial charge in [-0.1, -0.05) is 6.07 Å². The molecule has 0 spiro atoms. The van der Waals surface area contributed by atoms with Gasteiger partial charge in [0.15, 0.2) is 9.84 Å². The molecule has 154 valence electrons. The minimum atomic E-state index is -3.76. The van der Waals surface area contributed by atoms with Crippen molar-refractivity contribution in [3.05, 3.63) is 47.9 Å². The van der Waals surface area contributed by atoms with Gasteiger partial charge >= 0.3 is 0 Å². The van der Waals surface area contributed by atoms with Gasteiger partial charge in [-0.15, -0.1) is 0 Å². The first-order chi connectivity index (χ1) is 13.2. The van der Waals surface area contributed by atoms with Crippen molar-refractivity contribution in [1.29, 1.82) is 0 Å². The fraction of sp³-hybridized carbons (Fsp3) is 0.474. The van der Waals surface area contributed by atoms with Crippen molar-refractivity contribution in [3.63, 3.8) is 0 Å². The zero-order chi connectivity index (χ0) is 20.4. The van der Waals surface area contributed by atoms with Crippen molar-refractivity contribution in [1.82, 2.24) is 4.31 Å². The van der Waals surface area contributed by atoms with Crippen molar-refractivity contribution < 1.29 is 26.0 Å². The number of nitrogens with zero attached hydrogens (tertiary/aromatic N) is 1. The van der Waals surface area contributed by atoms with Crippen molar-refractivity contribution >= 4 is 19.9 Å². The quantitative estimate of drug-likeness (QED) is 0.674. The van der Waals surface area contributed by atoms with Crippen LogP contribution in [-0.2, 0) is 25.6 Å². The average molecular weight is 428 g/mol. The predicted molar refractivity (Wildman–Crippen MR) is 105 cm³/mol. The van der Waals surface area contributed by atoms with Gasteiger partial charge in [-0.05, 0) is 56.5 Å². The molecule has 0 aliphatic carbocycles. The largest absolute Gasteiger partial charge is 0.492 e. The van der Waals surface area contributed by atoms with Crippen LogP contribution in [0.1, 0.15) is 31.1 Å². The van der Waals surface area contributed by atoms with Gasteiger partial charge < -0.3 is 9.15 Å². The monoisotopic (exact) mass is 427 g/mol. The van der Waals surface area contributed by atoms with E-state index >= 15 is 0 Å². The van der Waals surface area contributed by atoms with Gasteiger partial charge in [-0.3, -0.25) is 0 Å². The minimum absolute atomic E-state index is 0.131. The third-order valence-corrected chi connectivity index (χ3v) is 8.94. The minimum Gasteiger partial charge on any atom is -0.492 e. The summed E-state index contributed by atoms with van der Waals surface area (Å²) >= 11 is 0. The summed E-state index contributed by atoms with van der Waals surface area (Å²) in [6.45, 7) is 4.29. The number of benzene rings is 1. The summed E-state index contributed by atoms with van der Waals surface area (Å²) in [6.07, 6.45) is 1.97. The third kappa shape index (κ3) is 4.42. The lowest BCUT2D eigenvalue weighted by molar-refractivity contribution is 0.322. The van der Waals surface area contributed by atoms with Crippen LogP contribution in [0.15, 0.2) is 45.9 Å². The Bertz CT molecular complexity index is 1000. The average Bonchev–Trinajstić information content (AvgIpc) is 3.15. The Balaban J connectivity index is 1.75. The van der Waals surface area contributed by atoms with Crippen LogP contribution < -0.4 is 4.74 Å². The molecule has 0 unspecified atom stereocenters. The van der Waals surface area contributed by atoms with Gasteiger partial charge in [-0.2, -0.15) is 4.31 Å². The van der Waals surface area contributed by atoms with Crippen LogP contribution in [0.2, 0.25) is 0 Å². The van der Waals surface area contributed by atoms with Gasteiger partial charge in [0.05, 0.1) is 18.1 Å². The number of furan rings is 1. The summed E-state index contributed by atoms with van der Waals surface area (Å²) in [4.78, 5) is 0.131. The third-order valence-electron chi connectivity index (χ3n) is 4.85. The summed E-state index contributed by atoms with van der Waals surface area (Å²) < 4.78 is 63.5. The summed E-state index contributed by atoms with van der Waals surface area (Å²) in [5.41, 5.74) is 0.818. The van der Waals surface area contributed by atoms with Crippen molar-refractivity contribution in [2.75, 3.05) is 19.7 Å². The van der Waals surface area contributed by atoms with Crippen LogP contribution in [0.3, 0.4) is 0 Å². The SMILES string of the molecule is CCOc1ccc(C)cc1S(=O)(=O)N1CCC(S(=O)(=O)Cc2ccco2)CC1. The van der Waals surface area contributed by atoms with Crippen molar-refractivity contribution in [2.45, 2.75) is 42.6 Å². The molecule has 1 saturated heterocycles. The molecule has 2 heterocycles. The molecule has 0 radical (unpaired) electrons. The maximum atomic E-state index is 13.1. The van der Waals surface area contributed by atoms with Crippen LogP contribution in [0.4, 0.5) is 0 Å². The highest BCUT2D eigenvalue weighted by Crippen LogP contribution is 2.31. The molecule has 0 atom stereocenters. The molecule has 1 aromatic carbocycles. The van der Waals surface area contributed by atoms with E-state index in [1.54, 1.807) is 37.3 Å². The van der Waals surface area contributed by atoms with Gasteiger partial charge in [0.1, 0.15) is 22.2 Å². The number of hydrogen-bond donors (Lipinski definition) is 0. The van der Waals surface area contributed by atoms with Crippen LogP contribution in [0.25, 0.3) is 0 Å². The van der Waals surface area contributed by atoms with E-state index in [-0.39, 0.29) is 36.6 Å². The molecule has 0 amide bonds. The van der Waals surface area contributed by atoms with Crippen LogP contribution in [0.5, 0.6) is 5.75 Å². The lowest BCUT2D eigenvalue weighted by atomic mass is 10.2. The maximum Gasteiger partial charge on any atom is 0.246 e. The highest BCUT2D eigenvalue weighted by atomic mass is 32.2. The summed E-state index contributed by atoms with van der Waals surface area (Å²) in [7, 11) is -7.16. The molecule has 0 bridgehead atoms. The first kappa shape index (κ1) is 20.9. The molecule has 7 nitrogen and oxygen atoms in total. The van der Waals surface area contributed by atoms with Crippen LogP contribution in [0, 0.1) is 6.92 Å². The van der Waals surface area contributed by atoms with Gasteiger partial charge in [0.25, 0.3) is 0 Å². The Labute approximate surface area is 166 Å². The molecule has 1 aliphatic heterocycles. The Morgan fingerprint density at radius 3 is 2.46 bits per heavy atom. The first-order valence-corrected chi connectivity index (χ1v) is 12.4. The second-order valence-corrected chi connectivity index (χ2v) is 11.1. The maximum absolute atomic E-state index is 13.1. The zero-order valence-corrected chi connectivity index (χ0v) is 17.6.